The number of benzene rings is 1. The Bertz CT molecular complexity index is 1300. The summed E-state index contributed by atoms with van der Waals surface area (Å²) in [5.74, 6) is 2.15. The third-order valence-electron chi connectivity index (χ3n) is 7.45. The summed E-state index contributed by atoms with van der Waals surface area (Å²) in [5, 5.41) is 22.8. The SMILES string of the molecule is CCn1c(COc2cccc(C)c2)nnc1SCC(=O)Nc1sc2c(c1C#N)CCC(C(C)(C)CC)C2. The van der Waals surface area contributed by atoms with Crippen molar-refractivity contribution in [1.29, 1.82) is 5.26 Å². The number of ether oxygens (including phenoxy) is 1. The molecule has 1 aliphatic rings. The normalized spacial score (nSPS) is 15.2. The molecule has 3 aromatic rings. The third kappa shape index (κ3) is 6.19. The van der Waals surface area contributed by atoms with E-state index in [2.05, 4.69) is 42.4 Å². The van der Waals surface area contributed by atoms with E-state index in [-0.39, 0.29) is 17.1 Å². The van der Waals surface area contributed by atoms with Crippen LogP contribution in [0.4, 0.5) is 5.00 Å². The van der Waals surface area contributed by atoms with Crippen molar-refractivity contribution in [3.05, 3.63) is 51.7 Å². The number of fused-ring (bicyclic) bond motifs is 1. The van der Waals surface area contributed by atoms with Gasteiger partial charge in [-0.1, -0.05) is 51.1 Å². The lowest BCUT2D eigenvalue weighted by Crippen LogP contribution is -2.28. The molecular weight excluding hydrogens is 502 g/mol. The first-order valence-electron chi connectivity index (χ1n) is 12.8. The molecular formula is C28H35N5O2S2. The van der Waals surface area contributed by atoms with E-state index in [1.807, 2.05) is 42.7 Å². The molecule has 0 spiro atoms. The molecule has 1 aromatic carbocycles. The van der Waals surface area contributed by atoms with E-state index in [1.54, 1.807) is 11.3 Å². The molecule has 9 heteroatoms. The average molecular weight is 538 g/mol. The summed E-state index contributed by atoms with van der Waals surface area (Å²) in [6.45, 7) is 11.9. The van der Waals surface area contributed by atoms with Gasteiger partial charge in [-0.3, -0.25) is 4.79 Å². The Labute approximate surface area is 227 Å². The topological polar surface area (TPSA) is 92.8 Å². The highest BCUT2D eigenvalue weighted by molar-refractivity contribution is 7.99. The van der Waals surface area contributed by atoms with Crippen LogP contribution in [0.5, 0.6) is 5.75 Å². The Kier molecular flexibility index (Phi) is 8.60. The maximum atomic E-state index is 12.9. The van der Waals surface area contributed by atoms with Gasteiger partial charge in [-0.15, -0.1) is 21.5 Å². The summed E-state index contributed by atoms with van der Waals surface area (Å²) in [7, 11) is 0. The second-order valence-corrected chi connectivity index (χ2v) is 12.2. The maximum Gasteiger partial charge on any atom is 0.235 e. The lowest BCUT2D eigenvalue weighted by atomic mass is 9.69. The van der Waals surface area contributed by atoms with Crippen LogP contribution in [0, 0.1) is 29.6 Å². The summed E-state index contributed by atoms with van der Waals surface area (Å²) in [4.78, 5) is 14.1. The van der Waals surface area contributed by atoms with Gasteiger partial charge in [-0.2, -0.15) is 5.26 Å². The van der Waals surface area contributed by atoms with E-state index in [0.717, 1.165) is 42.6 Å². The van der Waals surface area contributed by atoms with Crippen molar-refractivity contribution in [1.82, 2.24) is 14.8 Å². The Morgan fingerprint density at radius 2 is 2.16 bits per heavy atom. The zero-order chi connectivity index (χ0) is 26.6. The zero-order valence-electron chi connectivity index (χ0n) is 22.3. The van der Waals surface area contributed by atoms with Crippen LogP contribution in [0.2, 0.25) is 0 Å². The van der Waals surface area contributed by atoms with E-state index >= 15 is 0 Å². The zero-order valence-corrected chi connectivity index (χ0v) is 23.9. The molecule has 0 radical (unpaired) electrons. The number of aryl methyl sites for hydroxylation is 1. The predicted octanol–water partition coefficient (Wildman–Crippen LogP) is 6.39. The molecule has 0 saturated heterocycles. The van der Waals surface area contributed by atoms with Crippen molar-refractivity contribution < 1.29 is 9.53 Å². The Balaban J connectivity index is 1.38. The highest BCUT2D eigenvalue weighted by Crippen LogP contribution is 2.45. The van der Waals surface area contributed by atoms with Gasteiger partial charge in [0.15, 0.2) is 11.0 Å². The number of amides is 1. The summed E-state index contributed by atoms with van der Waals surface area (Å²) in [6, 6.07) is 10.2. The minimum absolute atomic E-state index is 0.145. The van der Waals surface area contributed by atoms with Gasteiger partial charge in [0, 0.05) is 11.4 Å². The molecule has 0 fully saturated rings. The number of anilines is 1. The van der Waals surface area contributed by atoms with E-state index < -0.39 is 0 Å². The first kappa shape index (κ1) is 27.2. The van der Waals surface area contributed by atoms with Crippen molar-refractivity contribution in [2.24, 2.45) is 11.3 Å². The van der Waals surface area contributed by atoms with Crippen LogP contribution in [0.15, 0.2) is 29.4 Å². The fourth-order valence-corrected chi connectivity index (χ4v) is 6.86. The Hall–Kier alpha value is -2.83. The molecule has 1 aliphatic carbocycles. The molecule has 7 nitrogen and oxygen atoms in total. The minimum Gasteiger partial charge on any atom is -0.486 e. The lowest BCUT2D eigenvalue weighted by molar-refractivity contribution is -0.113. The molecule has 1 atom stereocenters. The van der Waals surface area contributed by atoms with Crippen molar-refractivity contribution in [2.75, 3.05) is 11.1 Å². The minimum atomic E-state index is -0.145. The number of carbonyl (C=O) groups is 1. The number of carbonyl (C=O) groups excluding carboxylic acids is 1. The number of nitriles is 1. The van der Waals surface area contributed by atoms with Gasteiger partial charge >= 0.3 is 0 Å². The first-order valence-corrected chi connectivity index (χ1v) is 14.6. The van der Waals surface area contributed by atoms with Crippen LogP contribution in [0.3, 0.4) is 0 Å². The number of aromatic nitrogens is 3. The van der Waals surface area contributed by atoms with Crippen molar-refractivity contribution in [2.45, 2.75) is 78.6 Å². The second kappa shape index (κ2) is 11.7. The number of hydrogen-bond acceptors (Lipinski definition) is 7. The molecule has 4 rings (SSSR count). The average Bonchev–Trinajstić information content (AvgIpc) is 3.45. The molecule has 0 saturated carbocycles. The molecule has 2 aromatic heterocycles. The van der Waals surface area contributed by atoms with Gasteiger partial charge in [0.25, 0.3) is 0 Å². The molecule has 1 unspecified atom stereocenters. The third-order valence-corrected chi connectivity index (χ3v) is 9.58. The van der Waals surface area contributed by atoms with Crippen molar-refractivity contribution in [3.8, 4) is 11.8 Å². The van der Waals surface area contributed by atoms with E-state index in [0.29, 0.717) is 40.6 Å². The highest BCUT2D eigenvalue weighted by Gasteiger charge is 2.34. The maximum absolute atomic E-state index is 12.9. The van der Waals surface area contributed by atoms with Gasteiger partial charge in [0.05, 0.1) is 11.3 Å². The largest absolute Gasteiger partial charge is 0.486 e. The summed E-state index contributed by atoms with van der Waals surface area (Å²) in [6.07, 6.45) is 4.10. The van der Waals surface area contributed by atoms with Crippen LogP contribution in [-0.2, 0) is 30.8 Å². The van der Waals surface area contributed by atoms with Gasteiger partial charge in [0.1, 0.15) is 23.4 Å². The monoisotopic (exact) mass is 537 g/mol. The lowest BCUT2D eigenvalue weighted by Gasteiger charge is -2.36. The molecule has 1 N–H and O–H groups in total. The number of hydrogen-bond donors (Lipinski definition) is 1. The number of nitrogens with one attached hydrogen (secondary N) is 1. The second-order valence-electron chi connectivity index (χ2n) is 10.2. The van der Waals surface area contributed by atoms with E-state index in [4.69, 9.17) is 4.74 Å². The summed E-state index contributed by atoms with van der Waals surface area (Å²) < 4.78 is 7.86. The number of nitrogens with zero attached hydrogens (tertiary/aromatic N) is 4. The van der Waals surface area contributed by atoms with E-state index in [9.17, 15) is 10.1 Å². The fraction of sp³-hybridized carbons (Fsp3) is 0.500. The molecule has 0 bridgehead atoms. The summed E-state index contributed by atoms with van der Waals surface area (Å²) in [5.41, 5.74) is 3.17. The van der Waals surface area contributed by atoms with E-state index in [1.165, 1.54) is 16.6 Å². The van der Waals surface area contributed by atoms with Crippen molar-refractivity contribution in [3.63, 3.8) is 0 Å². The van der Waals surface area contributed by atoms with Crippen LogP contribution < -0.4 is 10.1 Å². The smallest absolute Gasteiger partial charge is 0.235 e. The van der Waals surface area contributed by atoms with Crippen molar-refractivity contribution >= 4 is 34.0 Å². The summed E-state index contributed by atoms with van der Waals surface area (Å²) >= 11 is 2.91. The van der Waals surface area contributed by atoms with Gasteiger partial charge < -0.3 is 14.6 Å². The molecule has 0 aliphatic heterocycles. The van der Waals surface area contributed by atoms with Gasteiger partial charge in [-0.05, 0) is 67.7 Å². The molecule has 37 heavy (non-hydrogen) atoms. The van der Waals surface area contributed by atoms with Crippen LogP contribution in [0.25, 0.3) is 0 Å². The molecule has 1 amide bonds. The Morgan fingerprint density at radius 3 is 2.86 bits per heavy atom. The Morgan fingerprint density at radius 1 is 1.35 bits per heavy atom. The van der Waals surface area contributed by atoms with Crippen LogP contribution in [-0.4, -0.2) is 26.4 Å². The number of thiophene rings is 1. The van der Waals surface area contributed by atoms with Crippen LogP contribution in [0.1, 0.15) is 67.9 Å². The van der Waals surface area contributed by atoms with Gasteiger partial charge in [-0.25, -0.2) is 0 Å². The molecule has 2 heterocycles. The first-order chi connectivity index (χ1) is 17.7. The quantitative estimate of drug-likeness (QED) is 0.301. The highest BCUT2D eigenvalue weighted by atomic mass is 32.2. The standard InChI is InChI=1S/C28H35N5O2S2/c1-6-28(4,5)19-11-12-21-22(15-29)26(37-23(21)14-19)30-25(34)17-36-27-32-31-24(33(27)7-2)16-35-20-10-8-9-18(3)13-20/h8-10,13,19H,6-7,11-12,14,16-17H2,1-5H3,(H,30,34). The fourth-order valence-electron chi connectivity index (χ4n) is 4.74. The number of thioether (sulfide) groups is 1. The predicted molar refractivity (Wildman–Crippen MR) is 149 cm³/mol. The van der Waals surface area contributed by atoms with Gasteiger partial charge in [0.2, 0.25) is 5.91 Å². The molecule has 196 valence electrons. The number of rotatable bonds is 10. The van der Waals surface area contributed by atoms with Crippen LogP contribution >= 0.6 is 23.1 Å².